The Morgan fingerprint density at radius 3 is 2.44 bits per heavy atom. The Morgan fingerprint density at radius 1 is 1.19 bits per heavy atom. The maximum atomic E-state index is 12.6. The van der Waals surface area contributed by atoms with Crippen molar-refractivity contribution in [1.29, 1.82) is 0 Å². The molecule has 0 aliphatic rings. The summed E-state index contributed by atoms with van der Waals surface area (Å²) in [5.41, 5.74) is 9.29. The van der Waals surface area contributed by atoms with E-state index in [1.54, 1.807) is 31.2 Å². The summed E-state index contributed by atoms with van der Waals surface area (Å²) < 4.78 is 1.45. The van der Waals surface area contributed by atoms with Crippen LogP contribution in [0.25, 0.3) is 5.95 Å². The van der Waals surface area contributed by atoms with E-state index >= 15 is 0 Å². The normalized spacial score (nSPS) is 10.8. The van der Waals surface area contributed by atoms with Crippen molar-refractivity contribution in [2.45, 2.75) is 34.1 Å². The Morgan fingerprint density at radius 2 is 1.85 bits per heavy atom. The van der Waals surface area contributed by atoms with Crippen LogP contribution in [0.1, 0.15) is 39.8 Å². The number of nitrogen functional groups attached to an aromatic ring is 1. The highest BCUT2D eigenvalue weighted by Crippen LogP contribution is 2.22. The summed E-state index contributed by atoms with van der Waals surface area (Å²) in [4.78, 5) is 32.1. The van der Waals surface area contributed by atoms with Gasteiger partial charge in [-0.05, 0) is 51.5 Å². The van der Waals surface area contributed by atoms with Gasteiger partial charge in [-0.1, -0.05) is 6.92 Å². The van der Waals surface area contributed by atoms with Crippen LogP contribution in [0, 0.1) is 20.8 Å². The highest BCUT2D eigenvalue weighted by atomic mass is 16.2. The second kappa shape index (κ2) is 7.06. The van der Waals surface area contributed by atoms with E-state index in [1.807, 2.05) is 20.8 Å². The first kappa shape index (κ1) is 18.4. The molecular formula is C19H22N6O2. The number of aromatic amines is 1. The van der Waals surface area contributed by atoms with Crippen molar-refractivity contribution in [1.82, 2.24) is 19.7 Å². The summed E-state index contributed by atoms with van der Waals surface area (Å²) in [5, 5.41) is 7.29. The molecule has 4 N–H and O–H groups in total. The number of anilines is 2. The fraction of sp³-hybridized carbons (Fsp3) is 0.263. The molecule has 0 aliphatic carbocycles. The summed E-state index contributed by atoms with van der Waals surface area (Å²) in [5.74, 6) is 0.420. The van der Waals surface area contributed by atoms with E-state index in [2.05, 4.69) is 20.4 Å². The predicted molar refractivity (Wildman–Crippen MR) is 104 cm³/mol. The van der Waals surface area contributed by atoms with Crippen LogP contribution in [0.2, 0.25) is 0 Å². The molecule has 1 amide bonds. The van der Waals surface area contributed by atoms with Gasteiger partial charge in [0.15, 0.2) is 0 Å². The smallest absolute Gasteiger partial charge is 0.256 e. The molecule has 0 atom stereocenters. The number of nitrogens with zero attached hydrogens (tertiary/aromatic N) is 3. The fourth-order valence-electron chi connectivity index (χ4n) is 2.83. The minimum absolute atomic E-state index is 0.207. The number of nitrogens with one attached hydrogen (secondary N) is 2. The Bertz CT molecular complexity index is 1060. The average Bonchev–Trinajstić information content (AvgIpc) is 2.90. The SMILES string of the molecule is CCc1c(C)nc(-n2nc(C)c(C)c2NC(=O)c2ccc(N)cc2)[nH]c1=O. The lowest BCUT2D eigenvalue weighted by Gasteiger charge is -2.11. The van der Waals surface area contributed by atoms with Crippen LogP contribution in [-0.4, -0.2) is 25.7 Å². The second-order valence-electron chi connectivity index (χ2n) is 6.35. The molecule has 0 saturated carbocycles. The number of carbonyl (C=O) groups excluding carboxylic acids is 1. The van der Waals surface area contributed by atoms with Gasteiger partial charge in [0.05, 0.1) is 5.69 Å². The fourth-order valence-corrected chi connectivity index (χ4v) is 2.83. The van der Waals surface area contributed by atoms with E-state index in [-0.39, 0.29) is 17.4 Å². The number of nitrogens with two attached hydrogens (primary N) is 1. The molecule has 140 valence electrons. The van der Waals surface area contributed by atoms with E-state index in [4.69, 9.17) is 5.73 Å². The number of rotatable bonds is 4. The molecule has 8 heteroatoms. The molecule has 2 aromatic heterocycles. The van der Waals surface area contributed by atoms with Crippen molar-refractivity contribution in [3.63, 3.8) is 0 Å². The lowest BCUT2D eigenvalue weighted by molar-refractivity contribution is 0.102. The number of hydrogen-bond donors (Lipinski definition) is 3. The van der Waals surface area contributed by atoms with E-state index in [0.717, 1.165) is 11.3 Å². The molecule has 0 unspecified atom stereocenters. The van der Waals surface area contributed by atoms with Gasteiger partial charge in [-0.15, -0.1) is 0 Å². The Labute approximate surface area is 156 Å². The third-order valence-electron chi connectivity index (χ3n) is 4.53. The molecule has 0 aliphatic heterocycles. The van der Waals surface area contributed by atoms with Gasteiger partial charge in [-0.25, -0.2) is 4.98 Å². The third-order valence-corrected chi connectivity index (χ3v) is 4.53. The van der Waals surface area contributed by atoms with E-state index < -0.39 is 0 Å². The van der Waals surface area contributed by atoms with Crippen LogP contribution >= 0.6 is 0 Å². The van der Waals surface area contributed by atoms with Crippen LogP contribution in [0.4, 0.5) is 11.5 Å². The molecule has 3 aromatic rings. The van der Waals surface area contributed by atoms with Gasteiger partial charge in [-0.2, -0.15) is 9.78 Å². The first-order valence-electron chi connectivity index (χ1n) is 8.65. The van der Waals surface area contributed by atoms with Gasteiger partial charge >= 0.3 is 0 Å². The van der Waals surface area contributed by atoms with Crippen LogP contribution in [-0.2, 0) is 6.42 Å². The van der Waals surface area contributed by atoms with Gasteiger partial charge in [0.1, 0.15) is 5.82 Å². The van der Waals surface area contributed by atoms with Gasteiger partial charge in [-0.3, -0.25) is 14.6 Å². The molecule has 0 saturated heterocycles. The zero-order chi connectivity index (χ0) is 19.7. The van der Waals surface area contributed by atoms with E-state index in [9.17, 15) is 9.59 Å². The van der Waals surface area contributed by atoms with Gasteiger partial charge in [0, 0.05) is 28.1 Å². The van der Waals surface area contributed by atoms with Gasteiger partial charge in [0.25, 0.3) is 11.5 Å². The Balaban J connectivity index is 2.04. The predicted octanol–water partition coefficient (Wildman–Crippen LogP) is 2.28. The minimum atomic E-state index is -0.302. The molecule has 0 spiro atoms. The molecule has 0 radical (unpaired) electrons. The standard InChI is InChI=1S/C19H22N6O2/c1-5-15-12(4)21-19(23-18(15)27)25-16(10(2)11(3)24-25)22-17(26)13-6-8-14(20)9-7-13/h6-9H,5,20H2,1-4H3,(H,22,26)(H,21,23,27). The summed E-state index contributed by atoms with van der Waals surface area (Å²) in [7, 11) is 0. The number of carbonyl (C=O) groups is 1. The topological polar surface area (TPSA) is 119 Å². The molecule has 0 fully saturated rings. The number of H-pyrrole nitrogens is 1. The summed E-state index contributed by atoms with van der Waals surface area (Å²) in [6, 6.07) is 6.62. The minimum Gasteiger partial charge on any atom is -0.399 e. The first-order valence-corrected chi connectivity index (χ1v) is 8.65. The summed E-state index contributed by atoms with van der Waals surface area (Å²) >= 11 is 0. The van der Waals surface area contributed by atoms with E-state index in [1.165, 1.54) is 4.68 Å². The molecule has 3 rings (SSSR count). The average molecular weight is 366 g/mol. The van der Waals surface area contributed by atoms with Crippen molar-refractivity contribution in [3.8, 4) is 5.95 Å². The zero-order valence-electron chi connectivity index (χ0n) is 15.8. The molecule has 1 aromatic carbocycles. The Hall–Kier alpha value is -3.42. The van der Waals surface area contributed by atoms with E-state index in [0.29, 0.717) is 34.7 Å². The highest BCUT2D eigenvalue weighted by molar-refractivity contribution is 6.04. The quantitative estimate of drug-likeness (QED) is 0.612. The first-order chi connectivity index (χ1) is 12.8. The molecule has 0 bridgehead atoms. The van der Waals surface area contributed by atoms with Crippen LogP contribution < -0.4 is 16.6 Å². The highest BCUT2D eigenvalue weighted by Gasteiger charge is 2.19. The third kappa shape index (κ3) is 3.46. The van der Waals surface area contributed by atoms with Crippen LogP contribution in [0.15, 0.2) is 29.1 Å². The van der Waals surface area contributed by atoms with Crippen molar-refractivity contribution in [2.75, 3.05) is 11.1 Å². The largest absolute Gasteiger partial charge is 0.399 e. The molecule has 2 heterocycles. The van der Waals surface area contributed by atoms with Gasteiger partial charge < -0.3 is 11.1 Å². The second-order valence-corrected chi connectivity index (χ2v) is 6.35. The number of aromatic nitrogens is 4. The molecule has 8 nitrogen and oxygen atoms in total. The van der Waals surface area contributed by atoms with Crippen LogP contribution in [0.3, 0.4) is 0 Å². The number of aryl methyl sites for hydroxylation is 2. The monoisotopic (exact) mass is 366 g/mol. The van der Waals surface area contributed by atoms with Crippen LogP contribution in [0.5, 0.6) is 0 Å². The van der Waals surface area contributed by atoms with Gasteiger partial charge in [0.2, 0.25) is 5.95 Å². The number of amides is 1. The molecular weight excluding hydrogens is 344 g/mol. The zero-order valence-corrected chi connectivity index (χ0v) is 15.8. The maximum Gasteiger partial charge on any atom is 0.256 e. The van der Waals surface area contributed by atoms with Crippen molar-refractivity contribution in [3.05, 3.63) is 62.7 Å². The summed E-state index contributed by atoms with van der Waals surface area (Å²) in [6.07, 6.45) is 0.590. The van der Waals surface area contributed by atoms with Crippen molar-refractivity contribution >= 4 is 17.4 Å². The number of benzene rings is 1. The van der Waals surface area contributed by atoms with Crippen molar-refractivity contribution < 1.29 is 4.79 Å². The molecule has 27 heavy (non-hydrogen) atoms. The van der Waals surface area contributed by atoms with Crippen molar-refractivity contribution in [2.24, 2.45) is 0 Å². The lowest BCUT2D eigenvalue weighted by atomic mass is 10.2. The Kier molecular flexibility index (Phi) is 4.81. The summed E-state index contributed by atoms with van der Waals surface area (Å²) in [6.45, 7) is 7.37. The lowest BCUT2D eigenvalue weighted by Crippen LogP contribution is -2.22. The maximum absolute atomic E-state index is 12.6. The number of hydrogen-bond acceptors (Lipinski definition) is 5.